The summed E-state index contributed by atoms with van der Waals surface area (Å²) in [5.41, 5.74) is 1.27. The summed E-state index contributed by atoms with van der Waals surface area (Å²) in [6, 6.07) is 2.81. The van der Waals surface area contributed by atoms with Crippen molar-refractivity contribution in [1.29, 1.82) is 0 Å². The van der Waals surface area contributed by atoms with Crippen LogP contribution in [0.4, 0.5) is 0 Å². The van der Waals surface area contributed by atoms with Gasteiger partial charge in [0.25, 0.3) is 5.91 Å². The Hall–Kier alpha value is -1.62. The number of rotatable bonds is 4. The molecule has 1 saturated heterocycles. The highest BCUT2D eigenvalue weighted by Gasteiger charge is 2.35. The van der Waals surface area contributed by atoms with E-state index in [0.29, 0.717) is 23.7 Å². The Morgan fingerprint density at radius 2 is 2.24 bits per heavy atom. The summed E-state index contributed by atoms with van der Waals surface area (Å²) in [5, 5.41) is 0.304. The number of ether oxygens (including phenoxy) is 1. The third-order valence-electron chi connectivity index (χ3n) is 3.59. The van der Waals surface area contributed by atoms with E-state index in [1.165, 1.54) is 7.11 Å². The van der Waals surface area contributed by atoms with Crippen molar-refractivity contribution in [2.75, 3.05) is 13.7 Å². The number of halogens is 1. The standard InChI is InChI=1S/C15H19ClN2O3/c1-3-5-11-8-10(9-13(16)17-11)14(19)18-7-4-6-12(18)15(20)21-2/h8-9,12H,3-7H2,1-2H3. The molecule has 1 aromatic rings. The lowest BCUT2D eigenvalue weighted by molar-refractivity contribution is -0.145. The van der Waals surface area contributed by atoms with Gasteiger partial charge in [0.1, 0.15) is 11.2 Å². The van der Waals surface area contributed by atoms with Crippen molar-refractivity contribution < 1.29 is 14.3 Å². The molecule has 0 spiro atoms. The van der Waals surface area contributed by atoms with Gasteiger partial charge in [-0.15, -0.1) is 0 Å². The van der Waals surface area contributed by atoms with Crippen LogP contribution in [0.25, 0.3) is 0 Å². The molecule has 0 radical (unpaired) electrons. The maximum absolute atomic E-state index is 12.6. The van der Waals surface area contributed by atoms with Gasteiger partial charge in [-0.25, -0.2) is 9.78 Å². The van der Waals surface area contributed by atoms with Gasteiger partial charge in [-0.1, -0.05) is 24.9 Å². The van der Waals surface area contributed by atoms with Crippen LogP contribution in [0, 0.1) is 0 Å². The van der Waals surface area contributed by atoms with Crippen molar-refractivity contribution in [2.45, 2.75) is 38.6 Å². The molecule has 21 heavy (non-hydrogen) atoms. The highest BCUT2D eigenvalue weighted by Crippen LogP contribution is 2.22. The monoisotopic (exact) mass is 310 g/mol. The normalized spacial score (nSPS) is 17.9. The number of nitrogens with zero attached hydrogens (tertiary/aromatic N) is 2. The van der Waals surface area contributed by atoms with E-state index in [0.717, 1.165) is 25.0 Å². The average molecular weight is 311 g/mol. The number of hydrogen-bond donors (Lipinski definition) is 0. The molecule has 0 saturated carbocycles. The third kappa shape index (κ3) is 3.53. The molecule has 5 nitrogen and oxygen atoms in total. The Kier molecular flexibility index (Phi) is 5.17. The summed E-state index contributed by atoms with van der Waals surface area (Å²) >= 11 is 5.99. The van der Waals surface area contributed by atoms with Crippen LogP contribution in [0.15, 0.2) is 12.1 Å². The van der Waals surface area contributed by atoms with Crippen LogP contribution in [0.3, 0.4) is 0 Å². The molecule has 1 aromatic heterocycles. The van der Waals surface area contributed by atoms with Gasteiger partial charge in [-0.05, 0) is 31.4 Å². The molecule has 1 unspecified atom stereocenters. The molecule has 1 aliphatic heterocycles. The fraction of sp³-hybridized carbons (Fsp3) is 0.533. The molecule has 2 heterocycles. The molecule has 1 amide bonds. The Morgan fingerprint density at radius 1 is 1.48 bits per heavy atom. The first-order valence-corrected chi connectivity index (χ1v) is 7.50. The molecule has 1 atom stereocenters. The maximum Gasteiger partial charge on any atom is 0.328 e. The van der Waals surface area contributed by atoms with Crippen LogP contribution >= 0.6 is 11.6 Å². The van der Waals surface area contributed by atoms with E-state index >= 15 is 0 Å². The summed E-state index contributed by atoms with van der Waals surface area (Å²) in [4.78, 5) is 30.1. The smallest absolute Gasteiger partial charge is 0.328 e. The van der Waals surface area contributed by atoms with Crippen molar-refractivity contribution in [3.63, 3.8) is 0 Å². The Labute approximate surface area is 129 Å². The highest BCUT2D eigenvalue weighted by atomic mass is 35.5. The predicted octanol–water partition coefficient (Wildman–Crippen LogP) is 2.47. The van der Waals surface area contributed by atoms with Crippen molar-refractivity contribution in [2.24, 2.45) is 0 Å². The summed E-state index contributed by atoms with van der Waals surface area (Å²) in [6.45, 7) is 2.60. The Bertz CT molecular complexity index is 548. The molecule has 1 aliphatic rings. The minimum Gasteiger partial charge on any atom is -0.467 e. The molecular formula is C15H19ClN2O3. The second-order valence-corrected chi connectivity index (χ2v) is 5.49. The van der Waals surface area contributed by atoms with E-state index in [4.69, 9.17) is 16.3 Å². The van der Waals surface area contributed by atoms with Gasteiger partial charge >= 0.3 is 5.97 Å². The van der Waals surface area contributed by atoms with Gasteiger partial charge in [-0.2, -0.15) is 0 Å². The van der Waals surface area contributed by atoms with Crippen LogP contribution in [-0.4, -0.2) is 41.5 Å². The van der Waals surface area contributed by atoms with E-state index in [9.17, 15) is 9.59 Å². The van der Waals surface area contributed by atoms with Crippen molar-refractivity contribution in [3.05, 3.63) is 28.5 Å². The van der Waals surface area contributed by atoms with Gasteiger partial charge in [-0.3, -0.25) is 4.79 Å². The second-order valence-electron chi connectivity index (χ2n) is 5.10. The largest absolute Gasteiger partial charge is 0.467 e. The molecule has 0 bridgehead atoms. The second kappa shape index (κ2) is 6.89. The number of pyridine rings is 1. The lowest BCUT2D eigenvalue weighted by atomic mass is 10.1. The van der Waals surface area contributed by atoms with E-state index in [-0.39, 0.29) is 11.9 Å². The summed E-state index contributed by atoms with van der Waals surface area (Å²) in [5.74, 6) is -0.556. The molecule has 2 rings (SSSR count). The number of carbonyl (C=O) groups excluding carboxylic acids is 2. The fourth-order valence-electron chi connectivity index (χ4n) is 2.62. The van der Waals surface area contributed by atoms with E-state index in [2.05, 4.69) is 4.98 Å². The molecule has 114 valence electrons. The highest BCUT2D eigenvalue weighted by molar-refractivity contribution is 6.29. The SMILES string of the molecule is CCCc1cc(C(=O)N2CCCC2C(=O)OC)cc(Cl)n1. The molecule has 0 aliphatic carbocycles. The number of amides is 1. The Morgan fingerprint density at radius 3 is 2.90 bits per heavy atom. The van der Waals surface area contributed by atoms with E-state index in [1.807, 2.05) is 6.92 Å². The van der Waals surface area contributed by atoms with Gasteiger partial charge in [0, 0.05) is 17.8 Å². The zero-order chi connectivity index (χ0) is 15.4. The first-order valence-electron chi connectivity index (χ1n) is 7.12. The fourth-order valence-corrected chi connectivity index (χ4v) is 2.84. The average Bonchev–Trinajstić information content (AvgIpc) is 2.94. The van der Waals surface area contributed by atoms with Crippen LogP contribution in [0.5, 0.6) is 0 Å². The minimum atomic E-state index is -0.496. The van der Waals surface area contributed by atoms with Gasteiger partial charge < -0.3 is 9.64 Å². The first-order chi connectivity index (χ1) is 10.1. The first kappa shape index (κ1) is 15.8. The Balaban J connectivity index is 2.24. The maximum atomic E-state index is 12.6. The number of carbonyl (C=O) groups is 2. The predicted molar refractivity (Wildman–Crippen MR) is 79.3 cm³/mol. The summed E-state index contributed by atoms with van der Waals surface area (Å²) in [6.07, 6.45) is 3.13. The topological polar surface area (TPSA) is 59.5 Å². The van der Waals surface area contributed by atoms with Crippen LogP contribution in [0.1, 0.15) is 42.2 Å². The number of likely N-dealkylation sites (tertiary alicyclic amines) is 1. The van der Waals surface area contributed by atoms with Crippen LogP contribution in [-0.2, 0) is 16.0 Å². The van der Waals surface area contributed by atoms with Crippen molar-refractivity contribution in [1.82, 2.24) is 9.88 Å². The molecule has 1 fully saturated rings. The quantitative estimate of drug-likeness (QED) is 0.633. The van der Waals surface area contributed by atoms with Crippen LogP contribution < -0.4 is 0 Å². The van der Waals surface area contributed by atoms with Crippen LogP contribution in [0.2, 0.25) is 5.15 Å². The lowest BCUT2D eigenvalue weighted by Crippen LogP contribution is -2.41. The van der Waals surface area contributed by atoms with Gasteiger partial charge in [0.15, 0.2) is 0 Å². The van der Waals surface area contributed by atoms with Gasteiger partial charge in [0.2, 0.25) is 0 Å². The zero-order valence-corrected chi connectivity index (χ0v) is 13.0. The minimum absolute atomic E-state index is 0.190. The van der Waals surface area contributed by atoms with Crippen molar-refractivity contribution in [3.8, 4) is 0 Å². The van der Waals surface area contributed by atoms with Gasteiger partial charge in [0.05, 0.1) is 7.11 Å². The third-order valence-corrected chi connectivity index (χ3v) is 3.78. The molecule has 0 N–H and O–H groups in total. The number of hydrogen-bond acceptors (Lipinski definition) is 4. The summed E-state index contributed by atoms with van der Waals surface area (Å²) in [7, 11) is 1.34. The lowest BCUT2D eigenvalue weighted by Gasteiger charge is -2.22. The van der Waals surface area contributed by atoms with Crippen molar-refractivity contribution >= 4 is 23.5 Å². The number of aromatic nitrogens is 1. The number of esters is 1. The van der Waals surface area contributed by atoms with E-state index in [1.54, 1.807) is 17.0 Å². The summed E-state index contributed by atoms with van der Waals surface area (Å²) < 4.78 is 4.77. The zero-order valence-electron chi connectivity index (χ0n) is 12.3. The number of aryl methyl sites for hydroxylation is 1. The molecule has 0 aromatic carbocycles. The number of methoxy groups -OCH3 is 1. The molecule has 6 heteroatoms. The van der Waals surface area contributed by atoms with E-state index < -0.39 is 6.04 Å². The molecular weight excluding hydrogens is 292 g/mol.